The van der Waals surface area contributed by atoms with Gasteiger partial charge in [-0.15, -0.1) is 0 Å². The van der Waals surface area contributed by atoms with Crippen molar-refractivity contribution in [3.63, 3.8) is 0 Å². The molecule has 4 aromatic rings. The van der Waals surface area contributed by atoms with E-state index in [0.29, 0.717) is 43.1 Å². The fourth-order valence-corrected chi connectivity index (χ4v) is 4.89. The number of piperazine rings is 1. The Kier molecular flexibility index (Phi) is 8.66. The number of hydrogen-bond donors (Lipinski definition) is 4. The number of rotatable bonds is 8. The predicted molar refractivity (Wildman–Crippen MR) is 151 cm³/mol. The number of carbonyl (C=O) groups is 2. The van der Waals surface area contributed by atoms with E-state index < -0.39 is 17.8 Å². The Bertz CT molecular complexity index is 1620. The van der Waals surface area contributed by atoms with Crippen LogP contribution in [0, 0.1) is 0 Å². The van der Waals surface area contributed by atoms with Crippen LogP contribution in [0.2, 0.25) is 5.02 Å². The Hall–Kier alpha value is -4.47. The summed E-state index contributed by atoms with van der Waals surface area (Å²) in [5.74, 6) is -0.949. The second-order valence-corrected chi connectivity index (χ2v) is 10.2. The lowest BCUT2D eigenvalue weighted by Crippen LogP contribution is -2.54. The molecule has 0 spiro atoms. The Labute approximate surface area is 248 Å². The van der Waals surface area contributed by atoms with Crippen LogP contribution in [0.1, 0.15) is 32.2 Å². The molecule has 1 atom stereocenters. The first-order valence-corrected chi connectivity index (χ1v) is 13.4. The standard InChI is InChI=1S/C27H27ClF3N9O3/c1-43-14-17-12-39(7-6-33-17)26(42)18-4-2-15(8-20(18)28)9-36-25(41)24-35-11-21(37-24)19-13-40(38-23(19)27(29,30)31)22-5-3-16(32)10-34-22/h2-5,8,10-11,13,17,33H,6-7,9,12,14,32H2,1H3,(H,35,37)(H,36,41)/t17-/m1/s1. The van der Waals surface area contributed by atoms with Gasteiger partial charge in [-0.3, -0.25) is 9.59 Å². The van der Waals surface area contributed by atoms with Crippen LogP contribution in [0.5, 0.6) is 0 Å². The molecule has 12 nitrogen and oxygen atoms in total. The van der Waals surface area contributed by atoms with Crippen molar-refractivity contribution in [1.29, 1.82) is 0 Å². The van der Waals surface area contributed by atoms with E-state index in [1.807, 2.05) is 0 Å². The van der Waals surface area contributed by atoms with Gasteiger partial charge in [0.25, 0.3) is 11.8 Å². The van der Waals surface area contributed by atoms with Crippen LogP contribution in [0.25, 0.3) is 17.1 Å². The zero-order valence-electron chi connectivity index (χ0n) is 22.8. The smallest absolute Gasteiger partial charge is 0.397 e. The number of nitrogens with two attached hydrogens (primary N) is 1. The summed E-state index contributed by atoms with van der Waals surface area (Å²) in [6.45, 7) is 2.15. The number of pyridine rings is 1. The minimum atomic E-state index is -4.79. The zero-order valence-corrected chi connectivity index (χ0v) is 23.5. The maximum absolute atomic E-state index is 13.8. The first-order valence-electron chi connectivity index (χ1n) is 13.1. The third-order valence-corrected chi connectivity index (χ3v) is 7.01. The molecule has 5 N–H and O–H groups in total. The van der Waals surface area contributed by atoms with E-state index in [2.05, 4.69) is 30.7 Å². The van der Waals surface area contributed by atoms with Crippen molar-refractivity contribution in [1.82, 2.24) is 40.3 Å². The van der Waals surface area contributed by atoms with E-state index >= 15 is 0 Å². The lowest BCUT2D eigenvalue weighted by Gasteiger charge is -2.33. The van der Waals surface area contributed by atoms with Crippen LogP contribution in [0.3, 0.4) is 0 Å². The van der Waals surface area contributed by atoms with Gasteiger partial charge in [0.2, 0.25) is 0 Å². The summed E-state index contributed by atoms with van der Waals surface area (Å²) >= 11 is 6.42. The summed E-state index contributed by atoms with van der Waals surface area (Å²) in [6.07, 6.45) is -1.23. The molecular weight excluding hydrogens is 591 g/mol. The zero-order chi connectivity index (χ0) is 30.7. The molecule has 0 aliphatic carbocycles. The summed E-state index contributed by atoms with van der Waals surface area (Å²) in [6, 6.07) is 7.77. The molecule has 16 heteroatoms. The van der Waals surface area contributed by atoms with E-state index in [1.54, 1.807) is 30.2 Å². The second-order valence-electron chi connectivity index (χ2n) is 9.78. The number of H-pyrrole nitrogens is 1. The molecule has 0 saturated carbocycles. The summed E-state index contributed by atoms with van der Waals surface area (Å²) in [5, 5.41) is 9.81. The van der Waals surface area contributed by atoms with Crippen LogP contribution in [-0.2, 0) is 17.5 Å². The largest absolute Gasteiger partial charge is 0.435 e. The fraction of sp³-hybridized carbons (Fsp3) is 0.296. The first kappa shape index (κ1) is 30.0. The monoisotopic (exact) mass is 617 g/mol. The molecule has 226 valence electrons. The van der Waals surface area contributed by atoms with Gasteiger partial charge in [0.15, 0.2) is 17.3 Å². The number of hydrogen-bond acceptors (Lipinski definition) is 8. The lowest BCUT2D eigenvalue weighted by atomic mass is 10.1. The number of nitrogens with one attached hydrogen (secondary N) is 3. The molecule has 3 aromatic heterocycles. The third kappa shape index (κ3) is 6.79. The van der Waals surface area contributed by atoms with Gasteiger partial charge in [0.1, 0.15) is 0 Å². The highest BCUT2D eigenvalue weighted by Crippen LogP contribution is 2.36. The number of aromatic amines is 1. The van der Waals surface area contributed by atoms with Crippen molar-refractivity contribution < 1.29 is 27.5 Å². The maximum Gasteiger partial charge on any atom is 0.435 e. The van der Waals surface area contributed by atoms with Gasteiger partial charge >= 0.3 is 6.18 Å². The van der Waals surface area contributed by atoms with Crippen molar-refractivity contribution in [2.45, 2.75) is 18.8 Å². The molecular formula is C27H27ClF3N9O3. The maximum atomic E-state index is 13.8. The number of halogens is 4. The molecule has 1 aliphatic heterocycles. The van der Waals surface area contributed by atoms with Crippen molar-refractivity contribution in [2.24, 2.45) is 0 Å². The van der Waals surface area contributed by atoms with E-state index in [1.165, 1.54) is 18.3 Å². The van der Waals surface area contributed by atoms with Gasteiger partial charge in [0.05, 0.1) is 46.5 Å². The van der Waals surface area contributed by atoms with Crippen LogP contribution >= 0.6 is 11.6 Å². The molecule has 5 rings (SSSR count). The van der Waals surface area contributed by atoms with Gasteiger partial charge in [-0.2, -0.15) is 18.3 Å². The van der Waals surface area contributed by atoms with Crippen LogP contribution in [0.15, 0.2) is 48.9 Å². The van der Waals surface area contributed by atoms with Crippen molar-refractivity contribution in [2.75, 3.05) is 39.1 Å². The Morgan fingerprint density at radius 1 is 1.21 bits per heavy atom. The van der Waals surface area contributed by atoms with E-state index in [0.717, 1.165) is 17.1 Å². The number of anilines is 1. The number of carbonyl (C=O) groups excluding carboxylic acids is 2. The van der Waals surface area contributed by atoms with E-state index in [9.17, 15) is 22.8 Å². The van der Waals surface area contributed by atoms with Crippen molar-refractivity contribution in [3.05, 3.63) is 76.6 Å². The SMILES string of the molecule is COC[C@H]1CN(C(=O)c2ccc(CNC(=O)c3ncc(-c4cn(-c5ccc(N)cn5)nc4C(F)(F)F)[nH]3)cc2Cl)CCN1. The van der Waals surface area contributed by atoms with Gasteiger partial charge in [-0.05, 0) is 29.8 Å². The number of methoxy groups -OCH3 is 1. The predicted octanol–water partition coefficient (Wildman–Crippen LogP) is 2.90. The number of nitrogen functional groups attached to an aromatic ring is 1. The highest BCUT2D eigenvalue weighted by molar-refractivity contribution is 6.33. The van der Waals surface area contributed by atoms with Crippen LogP contribution in [-0.4, -0.2) is 80.8 Å². The average Bonchev–Trinajstić information content (AvgIpc) is 3.65. The average molecular weight is 618 g/mol. The van der Waals surface area contributed by atoms with Gasteiger partial charge < -0.3 is 31.0 Å². The minimum Gasteiger partial charge on any atom is -0.397 e. The molecule has 1 fully saturated rings. The molecule has 0 bridgehead atoms. The molecule has 2 amide bonds. The number of imidazole rings is 1. The molecule has 1 saturated heterocycles. The third-order valence-electron chi connectivity index (χ3n) is 6.70. The van der Waals surface area contributed by atoms with Crippen molar-refractivity contribution in [3.8, 4) is 17.1 Å². The van der Waals surface area contributed by atoms with Gasteiger partial charge in [-0.25, -0.2) is 14.6 Å². The quantitative estimate of drug-likeness (QED) is 0.235. The number of ether oxygens (including phenoxy) is 1. The molecule has 0 radical (unpaired) electrons. The molecule has 43 heavy (non-hydrogen) atoms. The molecule has 1 aromatic carbocycles. The highest BCUT2D eigenvalue weighted by Gasteiger charge is 2.38. The number of aromatic nitrogens is 5. The van der Waals surface area contributed by atoms with E-state index in [4.69, 9.17) is 22.1 Å². The van der Waals surface area contributed by atoms with Gasteiger partial charge in [-0.1, -0.05) is 17.7 Å². The molecule has 0 unspecified atom stereocenters. The normalized spacial score (nSPS) is 15.5. The summed E-state index contributed by atoms with van der Waals surface area (Å²) in [4.78, 5) is 38.1. The summed E-state index contributed by atoms with van der Waals surface area (Å²) in [5.41, 5.74) is 5.33. The topological polar surface area (TPSA) is 156 Å². The minimum absolute atomic E-state index is 0.0232. The number of alkyl halides is 3. The van der Waals surface area contributed by atoms with Crippen LogP contribution < -0.4 is 16.4 Å². The number of amides is 2. The highest BCUT2D eigenvalue weighted by atomic mass is 35.5. The fourth-order valence-electron chi connectivity index (χ4n) is 4.61. The Morgan fingerprint density at radius 2 is 2.02 bits per heavy atom. The molecule has 1 aliphatic rings. The van der Waals surface area contributed by atoms with Gasteiger partial charge in [0, 0.05) is 45.5 Å². The Balaban J connectivity index is 1.26. The van der Waals surface area contributed by atoms with Crippen LogP contribution in [0.4, 0.5) is 18.9 Å². The Morgan fingerprint density at radius 3 is 2.72 bits per heavy atom. The van der Waals surface area contributed by atoms with Crippen molar-refractivity contribution >= 4 is 29.1 Å². The molecule has 4 heterocycles. The number of benzene rings is 1. The summed E-state index contributed by atoms with van der Waals surface area (Å²) < 4.78 is 47.5. The first-order chi connectivity index (χ1) is 20.5. The summed E-state index contributed by atoms with van der Waals surface area (Å²) in [7, 11) is 1.60. The van der Waals surface area contributed by atoms with E-state index in [-0.39, 0.29) is 46.4 Å². The number of nitrogens with zero attached hydrogens (tertiary/aromatic N) is 5. The lowest BCUT2D eigenvalue weighted by molar-refractivity contribution is -0.140. The second kappa shape index (κ2) is 12.4.